The van der Waals surface area contributed by atoms with Crippen molar-refractivity contribution in [2.75, 3.05) is 5.75 Å². The smallest absolute Gasteiger partial charge is 0.321 e. The molecule has 1 saturated carbocycles. The lowest BCUT2D eigenvalue weighted by atomic mass is 9.86. The molecule has 0 aliphatic heterocycles. The van der Waals surface area contributed by atoms with Crippen LogP contribution in [0.2, 0.25) is 0 Å². The molecule has 3 amide bonds. The third-order valence-electron chi connectivity index (χ3n) is 4.23. The van der Waals surface area contributed by atoms with Gasteiger partial charge in [0.15, 0.2) is 5.82 Å². The Morgan fingerprint density at radius 2 is 2.24 bits per heavy atom. The van der Waals surface area contributed by atoms with Crippen LogP contribution in [0, 0.1) is 5.92 Å². The van der Waals surface area contributed by atoms with E-state index in [2.05, 4.69) is 32.7 Å². The highest BCUT2D eigenvalue weighted by Gasteiger charge is 2.23. The molecule has 2 atom stereocenters. The van der Waals surface area contributed by atoms with E-state index >= 15 is 0 Å². The summed E-state index contributed by atoms with van der Waals surface area (Å²) < 4.78 is 0. The summed E-state index contributed by atoms with van der Waals surface area (Å²) in [4.78, 5) is 29.2. The van der Waals surface area contributed by atoms with Crippen molar-refractivity contribution < 1.29 is 9.59 Å². The van der Waals surface area contributed by atoms with E-state index < -0.39 is 6.03 Å². The highest BCUT2D eigenvalue weighted by molar-refractivity contribution is 7.99. The summed E-state index contributed by atoms with van der Waals surface area (Å²) in [6.45, 7) is 2.14. The van der Waals surface area contributed by atoms with Gasteiger partial charge in [0.1, 0.15) is 0 Å². The predicted octanol–water partition coefficient (Wildman–Crippen LogP) is 3.03. The summed E-state index contributed by atoms with van der Waals surface area (Å²) in [5.74, 6) is 0.873. The average molecular weight is 380 g/mol. The molecule has 2 aromatic heterocycles. The number of thiophene rings is 1. The fourth-order valence-corrected chi connectivity index (χ4v) is 4.12. The summed E-state index contributed by atoms with van der Waals surface area (Å²) in [5.41, 5.74) is 0. The Hall–Kier alpha value is -1.87. The summed E-state index contributed by atoms with van der Waals surface area (Å²) in [7, 11) is 0. The van der Waals surface area contributed by atoms with Crippen molar-refractivity contribution in [1.82, 2.24) is 25.8 Å². The zero-order chi connectivity index (χ0) is 17.6. The first-order valence-electron chi connectivity index (χ1n) is 8.31. The van der Waals surface area contributed by atoms with E-state index in [9.17, 15) is 9.59 Å². The Morgan fingerprint density at radius 3 is 3.00 bits per heavy atom. The van der Waals surface area contributed by atoms with Crippen molar-refractivity contribution in [2.45, 2.75) is 43.8 Å². The number of nitrogens with zero attached hydrogens (tertiary/aromatic N) is 2. The maximum atomic E-state index is 11.9. The third kappa shape index (κ3) is 5.05. The van der Waals surface area contributed by atoms with Gasteiger partial charge < -0.3 is 5.32 Å². The molecule has 0 aromatic carbocycles. The number of aromatic amines is 1. The van der Waals surface area contributed by atoms with E-state index in [1.54, 1.807) is 11.3 Å². The van der Waals surface area contributed by atoms with E-state index in [0.717, 1.165) is 24.1 Å². The second kappa shape index (κ2) is 8.48. The van der Waals surface area contributed by atoms with Gasteiger partial charge in [0.05, 0.1) is 10.6 Å². The number of hydrogen-bond donors (Lipinski definition) is 3. The summed E-state index contributed by atoms with van der Waals surface area (Å²) in [6, 6.07) is 3.62. The van der Waals surface area contributed by atoms with Gasteiger partial charge in [-0.2, -0.15) is 0 Å². The SMILES string of the molecule is C[C@H]1CCCC[C@H]1NC(=O)NC(=O)CSc1n[nH]c(-c2cccs2)n1. The van der Waals surface area contributed by atoms with Crippen molar-refractivity contribution in [3.8, 4) is 10.7 Å². The minimum Gasteiger partial charge on any atom is -0.335 e. The predicted molar refractivity (Wildman–Crippen MR) is 98.5 cm³/mol. The van der Waals surface area contributed by atoms with Gasteiger partial charge in [-0.1, -0.05) is 37.6 Å². The Labute approximate surface area is 154 Å². The lowest BCUT2D eigenvalue weighted by Gasteiger charge is -2.29. The summed E-state index contributed by atoms with van der Waals surface area (Å²) >= 11 is 2.76. The number of hydrogen-bond acceptors (Lipinski definition) is 6. The molecule has 2 heterocycles. The van der Waals surface area contributed by atoms with Gasteiger partial charge in [-0.15, -0.1) is 16.4 Å². The first kappa shape index (κ1) is 17.9. The monoisotopic (exact) mass is 379 g/mol. The molecule has 3 N–H and O–H groups in total. The number of aromatic nitrogens is 3. The van der Waals surface area contributed by atoms with Gasteiger partial charge in [-0.05, 0) is 30.2 Å². The molecule has 9 heteroatoms. The zero-order valence-electron chi connectivity index (χ0n) is 13.9. The second-order valence-corrected chi connectivity index (χ2v) is 8.01. The van der Waals surface area contributed by atoms with Crippen molar-refractivity contribution in [2.24, 2.45) is 5.92 Å². The van der Waals surface area contributed by atoms with Crippen LogP contribution in [0.1, 0.15) is 32.6 Å². The molecule has 3 rings (SSSR count). The molecule has 7 nitrogen and oxygen atoms in total. The minimum atomic E-state index is -0.418. The molecule has 1 fully saturated rings. The van der Waals surface area contributed by atoms with Gasteiger partial charge in [0, 0.05) is 6.04 Å². The Balaban J connectivity index is 1.42. The molecule has 1 aliphatic rings. The second-order valence-electron chi connectivity index (χ2n) is 6.12. The lowest BCUT2D eigenvalue weighted by Crippen LogP contribution is -2.48. The van der Waals surface area contributed by atoms with E-state index in [4.69, 9.17) is 0 Å². The fraction of sp³-hybridized carbons (Fsp3) is 0.500. The molecule has 0 unspecified atom stereocenters. The minimum absolute atomic E-state index is 0.0926. The van der Waals surface area contributed by atoms with Crippen LogP contribution in [-0.2, 0) is 4.79 Å². The molecule has 1 aliphatic carbocycles. The zero-order valence-corrected chi connectivity index (χ0v) is 15.6. The number of thioether (sulfide) groups is 1. The Kier molecular flexibility index (Phi) is 6.09. The maximum absolute atomic E-state index is 11.9. The number of rotatable bonds is 5. The Bertz CT molecular complexity index is 716. The molecule has 134 valence electrons. The van der Waals surface area contributed by atoms with E-state index in [1.165, 1.54) is 18.2 Å². The molecule has 0 radical (unpaired) electrons. The largest absolute Gasteiger partial charge is 0.335 e. The number of urea groups is 1. The first-order valence-corrected chi connectivity index (χ1v) is 10.2. The summed E-state index contributed by atoms with van der Waals surface area (Å²) in [5, 5.41) is 14.7. The Morgan fingerprint density at radius 1 is 1.40 bits per heavy atom. The number of carbonyl (C=O) groups excluding carboxylic acids is 2. The topological polar surface area (TPSA) is 99.8 Å². The van der Waals surface area contributed by atoms with Crippen LogP contribution >= 0.6 is 23.1 Å². The number of imide groups is 1. The first-order chi connectivity index (χ1) is 12.1. The molecule has 2 aromatic rings. The molecular weight excluding hydrogens is 358 g/mol. The van der Waals surface area contributed by atoms with Crippen LogP contribution in [-0.4, -0.2) is 38.9 Å². The van der Waals surface area contributed by atoms with Crippen LogP contribution in [0.3, 0.4) is 0 Å². The number of amides is 3. The van der Waals surface area contributed by atoms with Gasteiger partial charge in [0.2, 0.25) is 11.1 Å². The van der Waals surface area contributed by atoms with Crippen LogP contribution in [0.15, 0.2) is 22.7 Å². The molecule has 0 saturated heterocycles. The summed E-state index contributed by atoms with van der Waals surface area (Å²) in [6.07, 6.45) is 4.42. The number of H-pyrrole nitrogens is 1. The molecular formula is C16H21N5O2S2. The molecule has 0 spiro atoms. The van der Waals surface area contributed by atoms with Crippen LogP contribution in [0.4, 0.5) is 4.79 Å². The highest BCUT2D eigenvalue weighted by Crippen LogP contribution is 2.24. The van der Waals surface area contributed by atoms with Gasteiger partial charge in [0.25, 0.3) is 0 Å². The van der Waals surface area contributed by atoms with Crippen molar-refractivity contribution in [3.63, 3.8) is 0 Å². The van der Waals surface area contributed by atoms with Crippen LogP contribution < -0.4 is 10.6 Å². The van der Waals surface area contributed by atoms with Gasteiger partial charge in [-0.3, -0.25) is 15.2 Å². The van der Waals surface area contributed by atoms with Gasteiger partial charge >= 0.3 is 6.03 Å². The highest BCUT2D eigenvalue weighted by atomic mass is 32.2. The third-order valence-corrected chi connectivity index (χ3v) is 5.96. The van der Waals surface area contributed by atoms with E-state index in [0.29, 0.717) is 16.9 Å². The van der Waals surface area contributed by atoms with Crippen LogP contribution in [0.25, 0.3) is 10.7 Å². The average Bonchev–Trinajstić information content (AvgIpc) is 3.26. The number of nitrogens with one attached hydrogen (secondary N) is 3. The van der Waals surface area contributed by atoms with Crippen LogP contribution in [0.5, 0.6) is 0 Å². The number of carbonyl (C=O) groups is 2. The van der Waals surface area contributed by atoms with Crippen molar-refractivity contribution in [1.29, 1.82) is 0 Å². The standard InChI is InChI=1S/C16H21N5O2S2/c1-10-5-2-3-6-11(10)17-15(23)18-13(22)9-25-16-19-14(20-21-16)12-7-4-8-24-12/h4,7-8,10-11H,2-3,5-6,9H2,1H3,(H,19,20,21)(H2,17,18,22,23)/t10-,11+/m0/s1. The normalized spacial score (nSPS) is 20.2. The quantitative estimate of drug-likeness (QED) is 0.694. The van der Waals surface area contributed by atoms with Crippen molar-refractivity contribution in [3.05, 3.63) is 17.5 Å². The van der Waals surface area contributed by atoms with E-state index in [-0.39, 0.29) is 17.7 Å². The van der Waals surface area contributed by atoms with Crippen molar-refractivity contribution >= 4 is 35.0 Å². The van der Waals surface area contributed by atoms with E-state index in [1.807, 2.05) is 17.5 Å². The van der Waals surface area contributed by atoms with Gasteiger partial charge in [-0.25, -0.2) is 9.78 Å². The molecule has 25 heavy (non-hydrogen) atoms. The fourth-order valence-electron chi connectivity index (χ4n) is 2.86. The maximum Gasteiger partial charge on any atom is 0.321 e. The molecule has 0 bridgehead atoms. The lowest BCUT2D eigenvalue weighted by molar-refractivity contribution is -0.117.